The van der Waals surface area contributed by atoms with Crippen molar-refractivity contribution >= 4 is 22.3 Å². The van der Waals surface area contributed by atoms with E-state index >= 15 is 4.39 Å². The highest BCUT2D eigenvalue weighted by molar-refractivity contribution is 7.95. The quantitative estimate of drug-likeness (QED) is 0.189. The number of nitrogens with one attached hydrogen (secondary N) is 1. The molecule has 8 heteroatoms. The molecule has 200 valence electrons. The van der Waals surface area contributed by atoms with Gasteiger partial charge in [0.15, 0.2) is 0 Å². The maximum Gasteiger partial charge on any atom is 0.291 e. The Labute approximate surface area is 232 Å². The molecule has 0 aliphatic carbocycles. The Morgan fingerprint density at radius 3 is 1.73 bits per heavy atom. The molecule has 0 bridgehead atoms. The van der Waals surface area contributed by atoms with Crippen LogP contribution >= 0.6 is 0 Å². The van der Waals surface area contributed by atoms with Crippen molar-refractivity contribution < 1.29 is 17.6 Å². The highest BCUT2D eigenvalue weighted by Crippen LogP contribution is 2.41. The molecule has 1 N–H and O–H groups in total. The van der Waals surface area contributed by atoms with Crippen LogP contribution < -0.4 is 5.32 Å². The second kappa shape index (κ2) is 11.1. The molecule has 1 amide bonds. The lowest BCUT2D eigenvalue weighted by atomic mass is 9.76. The van der Waals surface area contributed by atoms with E-state index in [-0.39, 0.29) is 17.0 Å². The van der Waals surface area contributed by atoms with Gasteiger partial charge in [0.2, 0.25) is 16.2 Å². The molecule has 5 aromatic rings. The summed E-state index contributed by atoms with van der Waals surface area (Å²) in [6, 6.07) is 34.6. The van der Waals surface area contributed by atoms with Crippen LogP contribution in [0.3, 0.4) is 0 Å². The number of benzene rings is 4. The van der Waals surface area contributed by atoms with Gasteiger partial charge in [-0.2, -0.15) is 4.39 Å². The van der Waals surface area contributed by atoms with E-state index in [2.05, 4.69) is 10.3 Å². The van der Waals surface area contributed by atoms with Crippen molar-refractivity contribution in [2.75, 3.05) is 0 Å². The van der Waals surface area contributed by atoms with Crippen molar-refractivity contribution in [1.82, 2.24) is 14.9 Å². The molecule has 4 aromatic carbocycles. The third kappa shape index (κ3) is 4.85. The first-order valence-electron chi connectivity index (χ1n) is 12.5. The minimum atomic E-state index is -4.13. The first-order valence-corrected chi connectivity index (χ1v) is 14.0. The highest BCUT2D eigenvalue weighted by atomic mass is 32.2. The monoisotopic (exact) mass is 551 g/mol. The molecule has 0 aliphatic rings. The Balaban J connectivity index is 1.75. The van der Waals surface area contributed by atoms with Gasteiger partial charge in [0.05, 0.1) is 10.6 Å². The fourth-order valence-electron chi connectivity index (χ4n) is 4.87. The summed E-state index contributed by atoms with van der Waals surface area (Å²) in [5.41, 5.74) is 2.05. The fourth-order valence-corrected chi connectivity index (χ4v) is 6.10. The first kappa shape index (κ1) is 26.8. The predicted molar refractivity (Wildman–Crippen MR) is 152 cm³/mol. The van der Waals surface area contributed by atoms with Gasteiger partial charge in [-0.3, -0.25) is 9.36 Å². The van der Waals surface area contributed by atoms with Crippen molar-refractivity contribution in [2.45, 2.75) is 17.4 Å². The zero-order chi connectivity index (χ0) is 28.2. The average Bonchev–Trinajstić information content (AvgIpc) is 3.35. The first-order chi connectivity index (χ1) is 19.4. The Bertz CT molecular complexity index is 1650. The molecule has 0 atom stereocenters. The molecule has 6 nitrogen and oxygen atoms in total. The van der Waals surface area contributed by atoms with Crippen molar-refractivity contribution in [2.24, 2.45) is 0 Å². The molecule has 0 unspecified atom stereocenters. The number of imidazole rings is 1. The van der Waals surface area contributed by atoms with Crippen molar-refractivity contribution in [3.63, 3.8) is 0 Å². The van der Waals surface area contributed by atoms with Crippen LogP contribution in [-0.4, -0.2) is 24.4 Å². The third-order valence-electron chi connectivity index (χ3n) is 6.72. The SMILES string of the molecule is Cc1ccc(S(=O)(=O)C(=Cc2cn(C(c3ccccc3)(c3ccccc3)c3ccccc3)c(F)n2)NC=O)cc1. The van der Waals surface area contributed by atoms with Crippen LogP contribution in [0.1, 0.15) is 27.9 Å². The van der Waals surface area contributed by atoms with Crippen molar-refractivity contribution in [3.8, 4) is 0 Å². The largest absolute Gasteiger partial charge is 0.319 e. The van der Waals surface area contributed by atoms with Gasteiger partial charge in [0.25, 0.3) is 6.08 Å². The van der Waals surface area contributed by atoms with E-state index in [1.807, 2.05) is 97.9 Å². The van der Waals surface area contributed by atoms with Crippen LogP contribution in [0.5, 0.6) is 0 Å². The fraction of sp³-hybridized carbons (Fsp3) is 0.0625. The third-order valence-corrected chi connectivity index (χ3v) is 8.43. The van der Waals surface area contributed by atoms with Crippen LogP contribution in [0.25, 0.3) is 6.08 Å². The molecule has 5 rings (SSSR count). The summed E-state index contributed by atoms with van der Waals surface area (Å²) in [4.78, 5) is 15.5. The van der Waals surface area contributed by atoms with Crippen LogP contribution in [0.4, 0.5) is 4.39 Å². The minimum Gasteiger partial charge on any atom is -0.319 e. The summed E-state index contributed by atoms with van der Waals surface area (Å²) in [5, 5.41) is 1.85. The summed E-state index contributed by atoms with van der Waals surface area (Å²) in [6.07, 6.45) is 2.06. The molecule has 0 spiro atoms. The van der Waals surface area contributed by atoms with E-state index in [4.69, 9.17) is 0 Å². The maximum atomic E-state index is 16.0. The van der Waals surface area contributed by atoms with Gasteiger partial charge >= 0.3 is 0 Å². The predicted octanol–water partition coefficient (Wildman–Crippen LogP) is 5.69. The molecule has 40 heavy (non-hydrogen) atoms. The number of halogens is 1. The number of sulfone groups is 1. The summed E-state index contributed by atoms with van der Waals surface area (Å²) in [6.45, 7) is 1.84. The number of amides is 1. The number of carbonyl (C=O) groups is 1. The summed E-state index contributed by atoms with van der Waals surface area (Å²) >= 11 is 0. The second-order valence-corrected chi connectivity index (χ2v) is 11.1. The van der Waals surface area contributed by atoms with Gasteiger partial charge in [-0.15, -0.1) is 0 Å². The minimum absolute atomic E-state index is 0.00851. The molecule has 1 aromatic heterocycles. The molecular formula is C32H26FN3O3S. The topological polar surface area (TPSA) is 81.1 Å². The molecule has 0 fully saturated rings. The van der Waals surface area contributed by atoms with Crippen LogP contribution in [0.2, 0.25) is 0 Å². The van der Waals surface area contributed by atoms with Gasteiger partial charge in [-0.1, -0.05) is 109 Å². The van der Waals surface area contributed by atoms with E-state index in [0.717, 1.165) is 28.3 Å². The Kier molecular flexibility index (Phi) is 7.44. The van der Waals surface area contributed by atoms with Gasteiger partial charge in [0, 0.05) is 12.3 Å². The molecule has 1 heterocycles. The summed E-state index contributed by atoms with van der Waals surface area (Å²) in [5.74, 6) is 0. The lowest BCUT2D eigenvalue weighted by Crippen LogP contribution is -2.38. The molecular weight excluding hydrogens is 525 g/mol. The van der Waals surface area contributed by atoms with Gasteiger partial charge in [0.1, 0.15) is 10.6 Å². The second-order valence-electron chi connectivity index (χ2n) is 9.20. The van der Waals surface area contributed by atoms with Crippen molar-refractivity contribution in [3.05, 3.63) is 161 Å². The zero-order valence-corrected chi connectivity index (χ0v) is 22.4. The van der Waals surface area contributed by atoms with Gasteiger partial charge in [-0.25, -0.2) is 13.4 Å². The number of aromatic nitrogens is 2. The van der Waals surface area contributed by atoms with Crippen LogP contribution in [0.15, 0.2) is 131 Å². The van der Waals surface area contributed by atoms with E-state index in [1.54, 1.807) is 12.1 Å². The molecule has 0 aliphatic heterocycles. The number of nitrogens with zero attached hydrogens (tertiary/aromatic N) is 2. The van der Waals surface area contributed by atoms with Crippen molar-refractivity contribution in [1.29, 1.82) is 0 Å². The number of hydrogen-bond donors (Lipinski definition) is 1. The van der Waals surface area contributed by atoms with Crippen LogP contribution in [-0.2, 0) is 20.2 Å². The normalized spacial score (nSPS) is 12.2. The zero-order valence-electron chi connectivity index (χ0n) is 21.6. The standard InChI is InChI=1S/C32H26FN3O3S/c1-24-17-19-29(20-18-24)40(38,39)30(34-23-37)21-28-22-36(31(33)35-28)32(25-11-5-2-6-12-25,26-13-7-3-8-14-26)27-15-9-4-10-16-27/h2-23H,1H3,(H,34,37). The Morgan fingerprint density at radius 2 is 1.27 bits per heavy atom. The van der Waals surface area contributed by atoms with Gasteiger partial charge in [-0.05, 0) is 35.7 Å². The highest BCUT2D eigenvalue weighted by Gasteiger charge is 2.40. The number of hydrogen-bond acceptors (Lipinski definition) is 4. The number of aryl methyl sites for hydroxylation is 1. The van der Waals surface area contributed by atoms with Gasteiger partial charge < -0.3 is 5.32 Å². The maximum absolute atomic E-state index is 16.0. The Morgan fingerprint density at radius 1 is 0.800 bits per heavy atom. The lowest BCUT2D eigenvalue weighted by Gasteiger charge is -2.37. The molecule has 0 radical (unpaired) electrons. The van der Waals surface area contributed by atoms with E-state index in [0.29, 0.717) is 0 Å². The summed E-state index contributed by atoms with van der Waals surface area (Å²) < 4.78 is 44.2. The lowest BCUT2D eigenvalue weighted by molar-refractivity contribution is -0.108. The van der Waals surface area contributed by atoms with Crippen LogP contribution in [0, 0.1) is 13.0 Å². The number of carbonyl (C=O) groups excluding carboxylic acids is 1. The smallest absolute Gasteiger partial charge is 0.291 e. The molecule has 0 saturated carbocycles. The van der Waals surface area contributed by atoms with E-state index in [9.17, 15) is 13.2 Å². The van der Waals surface area contributed by atoms with E-state index in [1.165, 1.54) is 22.9 Å². The van der Waals surface area contributed by atoms with E-state index < -0.39 is 26.5 Å². The molecule has 0 saturated heterocycles. The summed E-state index contributed by atoms with van der Waals surface area (Å²) in [7, 11) is -4.13. The average molecular weight is 552 g/mol. The Hall–Kier alpha value is -4.82. The number of rotatable bonds is 9.